The standard InChI is InChI=1S/C16H29N3OS/c1-4-13-6-9-19(10-7-13)16-18-14(5-2)15(21-16)12-17-8-11-20-3/h13,17H,4-12H2,1-3H3. The number of hydrogen-bond donors (Lipinski definition) is 1. The van der Waals surface area contributed by atoms with Crippen LogP contribution in [0.4, 0.5) is 5.13 Å². The van der Waals surface area contributed by atoms with Crippen LogP contribution < -0.4 is 10.2 Å². The topological polar surface area (TPSA) is 37.4 Å². The molecule has 21 heavy (non-hydrogen) atoms. The van der Waals surface area contributed by atoms with Crippen molar-refractivity contribution in [1.82, 2.24) is 10.3 Å². The maximum absolute atomic E-state index is 5.07. The number of rotatable bonds is 8. The smallest absolute Gasteiger partial charge is 0.185 e. The van der Waals surface area contributed by atoms with Crippen LogP contribution in [0.25, 0.3) is 0 Å². The Morgan fingerprint density at radius 1 is 1.33 bits per heavy atom. The molecule has 0 spiro atoms. The van der Waals surface area contributed by atoms with Gasteiger partial charge in [-0.05, 0) is 25.2 Å². The lowest BCUT2D eigenvalue weighted by Crippen LogP contribution is -2.33. The van der Waals surface area contributed by atoms with Gasteiger partial charge in [-0.2, -0.15) is 0 Å². The molecule has 0 atom stereocenters. The molecule has 1 aliphatic heterocycles. The zero-order valence-electron chi connectivity index (χ0n) is 13.7. The van der Waals surface area contributed by atoms with Gasteiger partial charge in [0, 0.05) is 38.2 Å². The Kier molecular flexibility index (Phi) is 6.93. The predicted octanol–water partition coefficient (Wildman–Crippen LogP) is 3.07. The molecule has 0 radical (unpaired) electrons. The van der Waals surface area contributed by atoms with Crippen LogP contribution in [0.15, 0.2) is 0 Å². The molecule has 2 heterocycles. The van der Waals surface area contributed by atoms with Crippen molar-refractivity contribution in [3.63, 3.8) is 0 Å². The average molecular weight is 311 g/mol. The van der Waals surface area contributed by atoms with Gasteiger partial charge in [0.05, 0.1) is 12.3 Å². The van der Waals surface area contributed by atoms with Gasteiger partial charge >= 0.3 is 0 Å². The van der Waals surface area contributed by atoms with Gasteiger partial charge in [-0.1, -0.05) is 20.3 Å². The molecule has 1 N–H and O–H groups in total. The summed E-state index contributed by atoms with van der Waals surface area (Å²) in [4.78, 5) is 8.75. The minimum atomic E-state index is 0.762. The van der Waals surface area contributed by atoms with Gasteiger partial charge in [-0.15, -0.1) is 11.3 Å². The molecule has 120 valence electrons. The van der Waals surface area contributed by atoms with Gasteiger partial charge in [0.25, 0.3) is 0 Å². The lowest BCUT2D eigenvalue weighted by atomic mass is 9.95. The number of thiazole rings is 1. The summed E-state index contributed by atoms with van der Waals surface area (Å²) in [6, 6.07) is 0. The number of anilines is 1. The molecule has 2 rings (SSSR count). The molecule has 0 aliphatic carbocycles. The SMILES string of the molecule is CCc1nc(N2CCC(CC)CC2)sc1CNCCOC. The molecule has 0 amide bonds. The number of nitrogens with one attached hydrogen (secondary N) is 1. The van der Waals surface area contributed by atoms with E-state index in [1.807, 2.05) is 11.3 Å². The van der Waals surface area contributed by atoms with E-state index < -0.39 is 0 Å². The van der Waals surface area contributed by atoms with Crippen LogP contribution in [0.1, 0.15) is 43.7 Å². The molecule has 0 unspecified atom stereocenters. The van der Waals surface area contributed by atoms with Crippen molar-refractivity contribution in [2.24, 2.45) is 5.92 Å². The van der Waals surface area contributed by atoms with E-state index in [0.29, 0.717) is 0 Å². The first-order valence-electron chi connectivity index (χ1n) is 8.21. The number of ether oxygens (including phenoxy) is 1. The zero-order chi connectivity index (χ0) is 15.1. The van der Waals surface area contributed by atoms with Gasteiger partial charge in [0.2, 0.25) is 0 Å². The first kappa shape index (κ1) is 16.7. The van der Waals surface area contributed by atoms with Crippen LogP contribution in [-0.2, 0) is 17.7 Å². The summed E-state index contributed by atoms with van der Waals surface area (Å²) in [6.07, 6.45) is 4.97. The van der Waals surface area contributed by atoms with Gasteiger partial charge in [-0.25, -0.2) is 4.98 Å². The second kappa shape index (κ2) is 8.71. The monoisotopic (exact) mass is 311 g/mol. The fourth-order valence-electron chi connectivity index (χ4n) is 2.83. The van der Waals surface area contributed by atoms with E-state index >= 15 is 0 Å². The van der Waals surface area contributed by atoms with Crippen molar-refractivity contribution in [1.29, 1.82) is 0 Å². The molecule has 1 aliphatic rings. The number of piperidine rings is 1. The highest BCUT2D eigenvalue weighted by Crippen LogP contribution is 2.30. The highest BCUT2D eigenvalue weighted by molar-refractivity contribution is 7.15. The van der Waals surface area contributed by atoms with Crippen molar-refractivity contribution < 1.29 is 4.74 Å². The summed E-state index contributed by atoms with van der Waals surface area (Å²) in [5.41, 5.74) is 1.26. The first-order valence-corrected chi connectivity index (χ1v) is 9.03. The van der Waals surface area contributed by atoms with Crippen molar-refractivity contribution in [2.75, 3.05) is 38.3 Å². The number of nitrogens with zero attached hydrogens (tertiary/aromatic N) is 2. The van der Waals surface area contributed by atoms with E-state index in [4.69, 9.17) is 9.72 Å². The number of hydrogen-bond acceptors (Lipinski definition) is 5. The Morgan fingerprint density at radius 2 is 2.10 bits per heavy atom. The molecular formula is C16H29N3OS. The number of aryl methyl sites for hydroxylation is 1. The number of aromatic nitrogens is 1. The van der Waals surface area contributed by atoms with Crippen LogP contribution in [0.3, 0.4) is 0 Å². The maximum Gasteiger partial charge on any atom is 0.185 e. The maximum atomic E-state index is 5.07. The van der Waals surface area contributed by atoms with E-state index in [1.54, 1.807) is 7.11 Å². The number of methoxy groups -OCH3 is 1. The van der Waals surface area contributed by atoms with Crippen LogP contribution in [0.2, 0.25) is 0 Å². The highest BCUT2D eigenvalue weighted by Gasteiger charge is 2.21. The fraction of sp³-hybridized carbons (Fsp3) is 0.812. The molecule has 4 nitrogen and oxygen atoms in total. The summed E-state index contributed by atoms with van der Waals surface area (Å²) >= 11 is 1.87. The summed E-state index contributed by atoms with van der Waals surface area (Å²) in [5, 5.41) is 4.66. The van der Waals surface area contributed by atoms with E-state index in [2.05, 4.69) is 24.1 Å². The van der Waals surface area contributed by atoms with Crippen LogP contribution in [0.5, 0.6) is 0 Å². The molecule has 1 saturated heterocycles. The molecule has 1 aromatic heterocycles. The lowest BCUT2D eigenvalue weighted by molar-refractivity contribution is 0.199. The van der Waals surface area contributed by atoms with Gasteiger partial charge in [0.15, 0.2) is 5.13 Å². The largest absolute Gasteiger partial charge is 0.383 e. The van der Waals surface area contributed by atoms with E-state index in [0.717, 1.165) is 32.0 Å². The van der Waals surface area contributed by atoms with Gasteiger partial charge in [-0.3, -0.25) is 0 Å². The quantitative estimate of drug-likeness (QED) is 0.749. The minimum Gasteiger partial charge on any atom is -0.383 e. The first-order chi connectivity index (χ1) is 10.3. The molecule has 0 saturated carbocycles. The minimum absolute atomic E-state index is 0.762. The lowest BCUT2D eigenvalue weighted by Gasteiger charge is -2.31. The zero-order valence-corrected chi connectivity index (χ0v) is 14.5. The van der Waals surface area contributed by atoms with Crippen molar-refractivity contribution in [2.45, 2.75) is 46.1 Å². The van der Waals surface area contributed by atoms with Crippen LogP contribution in [-0.4, -0.2) is 38.3 Å². The van der Waals surface area contributed by atoms with Crippen molar-refractivity contribution >= 4 is 16.5 Å². The molecule has 0 aromatic carbocycles. The normalized spacial score (nSPS) is 16.6. The second-order valence-corrected chi connectivity index (χ2v) is 6.79. The van der Waals surface area contributed by atoms with Gasteiger partial charge < -0.3 is 15.0 Å². The van der Waals surface area contributed by atoms with E-state index in [9.17, 15) is 0 Å². The molecule has 1 fully saturated rings. The Hall–Kier alpha value is -0.650. The third kappa shape index (κ3) is 4.66. The Bertz CT molecular complexity index is 414. The summed E-state index contributed by atoms with van der Waals surface area (Å²) < 4.78 is 5.07. The molecular weight excluding hydrogens is 282 g/mol. The Morgan fingerprint density at radius 3 is 2.71 bits per heavy atom. The average Bonchev–Trinajstić information content (AvgIpc) is 2.95. The van der Waals surface area contributed by atoms with Crippen LogP contribution >= 0.6 is 11.3 Å². The van der Waals surface area contributed by atoms with E-state index in [1.165, 1.54) is 48.1 Å². The van der Waals surface area contributed by atoms with E-state index in [-0.39, 0.29) is 0 Å². The highest BCUT2D eigenvalue weighted by atomic mass is 32.1. The summed E-state index contributed by atoms with van der Waals surface area (Å²) in [7, 11) is 1.74. The summed E-state index contributed by atoms with van der Waals surface area (Å²) in [6.45, 7) is 9.42. The molecule has 0 bridgehead atoms. The molecule has 5 heteroatoms. The Balaban J connectivity index is 1.93. The van der Waals surface area contributed by atoms with Gasteiger partial charge in [0.1, 0.15) is 0 Å². The molecule has 1 aromatic rings. The Labute approximate surface area is 132 Å². The third-order valence-corrected chi connectivity index (χ3v) is 5.49. The predicted molar refractivity (Wildman–Crippen MR) is 90.3 cm³/mol. The summed E-state index contributed by atoms with van der Waals surface area (Å²) in [5.74, 6) is 0.919. The third-order valence-electron chi connectivity index (χ3n) is 4.33. The van der Waals surface area contributed by atoms with Crippen LogP contribution in [0, 0.1) is 5.92 Å². The fourth-order valence-corrected chi connectivity index (χ4v) is 4.00. The van der Waals surface area contributed by atoms with Crippen molar-refractivity contribution in [3.05, 3.63) is 10.6 Å². The van der Waals surface area contributed by atoms with Crippen molar-refractivity contribution in [3.8, 4) is 0 Å². The second-order valence-electron chi connectivity index (χ2n) is 5.73.